The molecule has 0 aliphatic heterocycles. The monoisotopic (exact) mass is 267 g/mol. The molecule has 98 valence electrons. The van der Waals surface area contributed by atoms with Gasteiger partial charge in [0.15, 0.2) is 0 Å². The molecule has 1 amide bonds. The van der Waals surface area contributed by atoms with Crippen LogP contribution in [0.4, 0.5) is 5.69 Å². The highest BCUT2D eigenvalue weighted by molar-refractivity contribution is 6.29. The third kappa shape index (κ3) is 3.03. The van der Waals surface area contributed by atoms with Crippen molar-refractivity contribution < 1.29 is 10.0 Å². The van der Waals surface area contributed by atoms with Crippen LogP contribution in [0.25, 0.3) is 0 Å². The first-order chi connectivity index (χ1) is 8.72. The molecule has 0 saturated heterocycles. The molecule has 2 rings (SSSR count). The maximum Gasteiger partial charge on any atom is 0.265 e. The van der Waals surface area contributed by atoms with E-state index in [4.69, 9.17) is 11.6 Å². The first-order valence-electron chi connectivity index (χ1n) is 6.40. The molecule has 0 aromatic heterocycles. The van der Waals surface area contributed by atoms with Gasteiger partial charge in [0.1, 0.15) is 5.88 Å². The molecule has 0 heterocycles. The molecule has 4 heteroatoms. The highest BCUT2D eigenvalue weighted by Gasteiger charge is 2.16. The fraction of sp³-hybridized carbons (Fsp3) is 0.500. The average molecular weight is 268 g/mol. The molecule has 1 aromatic rings. The molecule has 3 nitrogen and oxygen atoms in total. The van der Waals surface area contributed by atoms with Crippen molar-refractivity contribution in [2.75, 3.05) is 10.9 Å². The SMILES string of the molecule is O=C(CCl)N(O)c1ccc(C2CCCCC2)cc1. The third-order valence-electron chi connectivity index (χ3n) is 3.56. The lowest BCUT2D eigenvalue weighted by molar-refractivity contribution is -0.121. The van der Waals surface area contributed by atoms with E-state index < -0.39 is 5.91 Å². The molecule has 0 atom stereocenters. The Morgan fingerprint density at radius 2 is 1.83 bits per heavy atom. The summed E-state index contributed by atoms with van der Waals surface area (Å²) in [5.41, 5.74) is 1.77. The topological polar surface area (TPSA) is 40.5 Å². The van der Waals surface area contributed by atoms with Gasteiger partial charge < -0.3 is 0 Å². The molecule has 1 aromatic carbocycles. The minimum Gasteiger partial charge on any atom is -0.281 e. The predicted octanol–water partition coefficient (Wildman–Crippen LogP) is 3.70. The van der Waals surface area contributed by atoms with Gasteiger partial charge in [-0.25, -0.2) is 0 Å². The van der Waals surface area contributed by atoms with Gasteiger partial charge in [-0.2, -0.15) is 5.06 Å². The number of halogens is 1. The maximum absolute atomic E-state index is 11.2. The second-order valence-electron chi connectivity index (χ2n) is 4.77. The Kier molecular flexibility index (Phi) is 4.61. The second-order valence-corrected chi connectivity index (χ2v) is 5.03. The fourth-order valence-corrected chi connectivity index (χ4v) is 2.64. The van der Waals surface area contributed by atoms with Crippen molar-refractivity contribution in [2.24, 2.45) is 0 Å². The van der Waals surface area contributed by atoms with Crippen molar-refractivity contribution in [3.8, 4) is 0 Å². The minimum absolute atomic E-state index is 0.221. The van der Waals surface area contributed by atoms with Crippen LogP contribution >= 0.6 is 11.6 Å². The Hall–Kier alpha value is -1.06. The van der Waals surface area contributed by atoms with Gasteiger partial charge in [-0.15, -0.1) is 11.6 Å². The number of alkyl halides is 1. The van der Waals surface area contributed by atoms with Crippen LogP contribution in [-0.2, 0) is 4.79 Å². The Morgan fingerprint density at radius 3 is 2.39 bits per heavy atom. The lowest BCUT2D eigenvalue weighted by Crippen LogP contribution is -2.27. The van der Waals surface area contributed by atoms with Crippen LogP contribution in [0.15, 0.2) is 24.3 Å². The Morgan fingerprint density at radius 1 is 1.22 bits per heavy atom. The van der Waals surface area contributed by atoms with Gasteiger partial charge in [0.05, 0.1) is 5.69 Å². The molecule has 18 heavy (non-hydrogen) atoms. The lowest BCUT2D eigenvalue weighted by atomic mass is 9.84. The summed E-state index contributed by atoms with van der Waals surface area (Å²) in [6.45, 7) is 0. The summed E-state index contributed by atoms with van der Waals surface area (Å²) in [7, 11) is 0. The zero-order chi connectivity index (χ0) is 13.0. The van der Waals surface area contributed by atoms with E-state index in [9.17, 15) is 10.0 Å². The van der Waals surface area contributed by atoms with Crippen LogP contribution in [0.3, 0.4) is 0 Å². The number of benzene rings is 1. The van der Waals surface area contributed by atoms with Gasteiger partial charge in [0, 0.05) is 0 Å². The lowest BCUT2D eigenvalue weighted by Gasteiger charge is -2.22. The van der Waals surface area contributed by atoms with Crippen LogP contribution in [0, 0.1) is 0 Å². The smallest absolute Gasteiger partial charge is 0.265 e. The number of amides is 1. The Balaban J connectivity index is 2.07. The predicted molar refractivity (Wildman–Crippen MR) is 72.3 cm³/mol. The molecule has 1 aliphatic carbocycles. The zero-order valence-electron chi connectivity index (χ0n) is 10.3. The van der Waals surface area contributed by atoms with Crippen LogP contribution in [0.1, 0.15) is 43.6 Å². The summed E-state index contributed by atoms with van der Waals surface area (Å²) in [6, 6.07) is 7.54. The molecular formula is C14H18ClNO2. The van der Waals surface area contributed by atoms with E-state index in [1.165, 1.54) is 37.7 Å². The van der Waals surface area contributed by atoms with Gasteiger partial charge in [0.2, 0.25) is 0 Å². The number of carbonyl (C=O) groups is 1. The van der Waals surface area contributed by atoms with Crippen molar-refractivity contribution in [1.82, 2.24) is 0 Å². The van der Waals surface area contributed by atoms with Crippen molar-refractivity contribution in [3.63, 3.8) is 0 Å². The van der Waals surface area contributed by atoms with E-state index in [0.29, 0.717) is 16.7 Å². The number of hydrogen-bond acceptors (Lipinski definition) is 2. The van der Waals surface area contributed by atoms with Gasteiger partial charge in [-0.05, 0) is 36.5 Å². The van der Waals surface area contributed by atoms with Crippen molar-refractivity contribution >= 4 is 23.2 Å². The van der Waals surface area contributed by atoms with Crippen LogP contribution in [0.5, 0.6) is 0 Å². The normalized spacial score (nSPS) is 16.6. The number of nitrogens with zero attached hydrogens (tertiary/aromatic N) is 1. The van der Waals surface area contributed by atoms with Crippen LogP contribution in [-0.4, -0.2) is 17.0 Å². The molecule has 1 saturated carbocycles. The molecule has 1 aliphatic rings. The third-order valence-corrected chi connectivity index (χ3v) is 3.79. The van der Waals surface area contributed by atoms with Gasteiger partial charge in [0.25, 0.3) is 5.91 Å². The van der Waals surface area contributed by atoms with E-state index in [0.717, 1.165) is 0 Å². The number of rotatable bonds is 3. The largest absolute Gasteiger partial charge is 0.281 e. The zero-order valence-corrected chi connectivity index (χ0v) is 11.1. The van der Waals surface area contributed by atoms with Crippen molar-refractivity contribution in [3.05, 3.63) is 29.8 Å². The molecule has 1 fully saturated rings. The first-order valence-corrected chi connectivity index (χ1v) is 6.93. The van der Waals surface area contributed by atoms with E-state index in [1.54, 1.807) is 12.1 Å². The summed E-state index contributed by atoms with van der Waals surface area (Å²) in [5.74, 6) is -0.105. The van der Waals surface area contributed by atoms with E-state index in [2.05, 4.69) is 0 Å². The average Bonchev–Trinajstić information content (AvgIpc) is 2.47. The Bertz CT molecular complexity index is 399. The number of carbonyl (C=O) groups excluding carboxylic acids is 1. The maximum atomic E-state index is 11.2. The first kappa shape index (κ1) is 13.4. The number of hydroxylamine groups is 1. The van der Waals surface area contributed by atoms with E-state index >= 15 is 0 Å². The molecular weight excluding hydrogens is 250 g/mol. The summed E-state index contributed by atoms with van der Waals surface area (Å²) in [4.78, 5) is 11.2. The molecule has 0 spiro atoms. The van der Waals surface area contributed by atoms with Crippen molar-refractivity contribution in [2.45, 2.75) is 38.0 Å². The minimum atomic E-state index is -0.512. The number of anilines is 1. The summed E-state index contributed by atoms with van der Waals surface area (Å²) < 4.78 is 0. The van der Waals surface area contributed by atoms with Gasteiger partial charge in [-0.1, -0.05) is 31.4 Å². The summed E-state index contributed by atoms with van der Waals surface area (Å²) in [5, 5.41) is 10.2. The molecule has 1 N–H and O–H groups in total. The molecule has 0 radical (unpaired) electrons. The highest BCUT2D eigenvalue weighted by atomic mass is 35.5. The van der Waals surface area contributed by atoms with Crippen LogP contribution < -0.4 is 5.06 Å². The van der Waals surface area contributed by atoms with Gasteiger partial charge >= 0.3 is 0 Å². The number of hydrogen-bond donors (Lipinski definition) is 1. The van der Waals surface area contributed by atoms with Crippen LogP contribution in [0.2, 0.25) is 0 Å². The quantitative estimate of drug-likeness (QED) is 0.515. The Labute approximate surface area is 112 Å². The van der Waals surface area contributed by atoms with Gasteiger partial charge in [-0.3, -0.25) is 10.0 Å². The van der Waals surface area contributed by atoms with E-state index in [-0.39, 0.29) is 5.88 Å². The van der Waals surface area contributed by atoms with Crippen molar-refractivity contribution in [1.29, 1.82) is 0 Å². The second kappa shape index (κ2) is 6.21. The molecule has 0 bridgehead atoms. The fourth-order valence-electron chi connectivity index (χ4n) is 2.52. The standard InChI is InChI=1S/C14H18ClNO2/c15-10-14(17)16(18)13-8-6-12(7-9-13)11-4-2-1-3-5-11/h6-9,11,18H,1-5,10H2. The molecule has 0 unspecified atom stereocenters. The highest BCUT2D eigenvalue weighted by Crippen LogP contribution is 2.33. The summed E-state index contributed by atoms with van der Waals surface area (Å²) in [6.07, 6.45) is 6.40. The van der Waals surface area contributed by atoms with E-state index in [1.807, 2.05) is 12.1 Å². The summed E-state index contributed by atoms with van der Waals surface area (Å²) >= 11 is 5.40.